The molecule has 1 saturated heterocycles. The van der Waals surface area contributed by atoms with Crippen molar-refractivity contribution in [3.05, 3.63) is 35.4 Å². The zero-order valence-corrected chi connectivity index (χ0v) is 13.3. The Balaban J connectivity index is 1.49. The molecule has 1 heterocycles. The fourth-order valence-electron chi connectivity index (χ4n) is 2.94. The van der Waals surface area contributed by atoms with E-state index in [1.165, 1.54) is 5.56 Å². The summed E-state index contributed by atoms with van der Waals surface area (Å²) in [5.74, 6) is 0.788. The molecule has 0 spiro atoms. The van der Waals surface area contributed by atoms with E-state index in [1.54, 1.807) is 0 Å². The molecule has 1 saturated carbocycles. The highest BCUT2D eigenvalue weighted by Gasteiger charge is 2.34. The first-order valence-corrected chi connectivity index (χ1v) is 8.30. The van der Waals surface area contributed by atoms with Gasteiger partial charge in [0.15, 0.2) is 5.78 Å². The molecular formula is C18H24N2O2. The third-order valence-corrected chi connectivity index (χ3v) is 4.66. The molecule has 22 heavy (non-hydrogen) atoms. The second-order valence-electron chi connectivity index (χ2n) is 6.35. The van der Waals surface area contributed by atoms with Crippen molar-refractivity contribution in [2.75, 3.05) is 32.7 Å². The van der Waals surface area contributed by atoms with E-state index in [4.69, 9.17) is 0 Å². The first-order valence-electron chi connectivity index (χ1n) is 8.30. The van der Waals surface area contributed by atoms with Crippen LogP contribution in [-0.2, 0) is 11.2 Å². The standard InChI is InChI=1S/C18H24N2O2/c1-2-14-3-5-15(6-4-14)17(21)13-19-9-11-20(12-10-19)18(22)16-7-8-16/h3-6,16H,2,7-13H2,1H3. The monoisotopic (exact) mass is 300 g/mol. The predicted molar refractivity (Wildman–Crippen MR) is 85.9 cm³/mol. The van der Waals surface area contributed by atoms with E-state index in [0.717, 1.165) is 51.0 Å². The number of ketones is 1. The van der Waals surface area contributed by atoms with Crippen molar-refractivity contribution in [2.45, 2.75) is 26.2 Å². The van der Waals surface area contributed by atoms with Gasteiger partial charge in [0.25, 0.3) is 0 Å². The smallest absolute Gasteiger partial charge is 0.225 e. The summed E-state index contributed by atoms with van der Waals surface area (Å²) < 4.78 is 0. The molecule has 118 valence electrons. The molecule has 1 aromatic rings. The van der Waals surface area contributed by atoms with Gasteiger partial charge < -0.3 is 4.90 Å². The number of nitrogens with zero attached hydrogens (tertiary/aromatic N) is 2. The molecule has 2 fully saturated rings. The molecule has 1 aliphatic heterocycles. The van der Waals surface area contributed by atoms with Gasteiger partial charge in [-0.1, -0.05) is 31.2 Å². The van der Waals surface area contributed by atoms with Crippen molar-refractivity contribution < 1.29 is 9.59 Å². The highest BCUT2D eigenvalue weighted by Crippen LogP contribution is 2.31. The number of hydrogen-bond donors (Lipinski definition) is 0. The van der Waals surface area contributed by atoms with Crippen molar-refractivity contribution in [3.63, 3.8) is 0 Å². The van der Waals surface area contributed by atoms with Gasteiger partial charge in [0, 0.05) is 37.7 Å². The molecule has 0 unspecified atom stereocenters. The first kappa shape index (κ1) is 15.2. The van der Waals surface area contributed by atoms with Crippen molar-refractivity contribution in [1.82, 2.24) is 9.80 Å². The average molecular weight is 300 g/mol. The summed E-state index contributed by atoms with van der Waals surface area (Å²) in [4.78, 5) is 28.5. The maximum atomic E-state index is 12.3. The molecule has 1 aliphatic carbocycles. The van der Waals surface area contributed by atoms with E-state index in [0.29, 0.717) is 18.4 Å². The van der Waals surface area contributed by atoms with Crippen LogP contribution >= 0.6 is 0 Å². The summed E-state index contributed by atoms with van der Waals surface area (Å²) >= 11 is 0. The number of rotatable bonds is 5. The largest absolute Gasteiger partial charge is 0.340 e. The van der Waals surface area contributed by atoms with Crippen molar-refractivity contribution >= 4 is 11.7 Å². The Hall–Kier alpha value is -1.68. The van der Waals surface area contributed by atoms with Crippen LogP contribution in [0, 0.1) is 5.92 Å². The minimum absolute atomic E-state index is 0.171. The van der Waals surface area contributed by atoms with Crippen LogP contribution in [0.2, 0.25) is 0 Å². The van der Waals surface area contributed by atoms with Gasteiger partial charge in [-0.15, -0.1) is 0 Å². The lowest BCUT2D eigenvalue weighted by Gasteiger charge is -2.34. The van der Waals surface area contributed by atoms with E-state index >= 15 is 0 Å². The zero-order valence-electron chi connectivity index (χ0n) is 13.3. The molecule has 0 bridgehead atoms. The predicted octanol–water partition coefficient (Wildman–Crippen LogP) is 1.99. The molecular weight excluding hydrogens is 276 g/mol. The third-order valence-electron chi connectivity index (χ3n) is 4.66. The number of aryl methyl sites for hydroxylation is 1. The van der Waals surface area contributed by atoms with Gasteiger partial charge in [0.1, 0.15) is 0 Å². The fraction of sp³-hybridized carbons (Fsp3) is 0.556. The molecule has 0 aromatic heterocycles. The van der Waals surface area contributed by atoms with E-state index in [-0.39, 0.29) is 5.78 Å². The Bertz CT molecular complexity index is 541. The topological polar surface area (TPSA) is 40.6 Å². The van der Waals surface area contributed by atoms with Crippen molar-refractivity contribution in [1.29, 1.82) is 0 Å². The molecule has 4 nitrogen and oxygen atoms in total. The number of piperazine rings is 1. The zero-order chi connectivity index (χ0) is 15.5. The molecule has 1 aromatic carbocycles. The minimum Gasteiger partial charge on any atom is -0.340 e. The summed E-state index contributed by atoms with van der Waals surface area (Å²) in [5, 5.41) is 0. The Kier molecular flexibility index (Phi) is 4.57. The number of carbonyl (C=O) groups excluding carboxylic acids is 2. The van der Waals surface area contributed by atoms with Crippen LogP contribution in [0.3, 0.4) is 0 Å². The van der Waals surface area contributed by atoms with Crippen LogP contribution in [0.4, 0.5) is 0 Å². The van der Waals surface area contributed by atoms with Gasteiger partial charge in [-0.2, -0.15) is 0 Å². The van der Waals surface area contributed by atoms with Gasteiger partial charge in [0.05, 0.1) is 6.54 Å². The average Bonchev–Trinajstić information content (AvgIpc) is 3.40. The molecule has 0 N–H and O–H groups in total. The lowest BCUT2D eigenvalue weighted by Crippen LogP contribution is -2.50. The Morgan fingerprint density at radius 1 is 1.05 bits per heavy atom. The first-order chi connectivity index (χ1) is 10.7. The number of benzene rings is 1. The van der Waals surface area contributed by atoms with E-state index in [9.17, 15) is 9.59 Å². The quantitative estimate of drug-likeness (QED) is 0.781. The van der Waals surface area contributed by atoms with Crippen molar-refractivity contribution in [2.24, 2.45) is 5.92 Å². The Morgan fingerprint density at radius 2 is 1.68 bits per heavy atom. The SMILES string of the molecule is CCc1ccc(C(=O)CN2CCN(C(=O)C3CC3)CC2)cc1. The molecule has 2 aliphatic rings. The maximum absolute atomic E-state index is 12.3. The minimum atomic E-state index is 0.171. The van der Waals surface area contributed by atoms with Gasteiger partial charge in [-0.3, -0.25) is 14.5 Å². The Labute approximate surface area is 132 Å². The second-order valence-corrected chi connectivity index (χ2v) is 6.35. The highest BCUT2D eigenvalue weighted by atomic mass is 16.2. The fourth-order valence-corrected chi connectivity index (χ4v) is 2.94. The van der Waals surface area contributed by atoms with Gasteiger partial charge in [-0.25, -0.2) is 0 Å². The van der Waals surface area contributed by atoms with E-state index in [2.05, 4.69) is 11.8 Å². The maximum Gasteiger partial charge on any atom is 0.225 e. The highest BCUT2D eigenvalue weighted by molar-refractivity contribution is 5.97. The van der Waals surface area contributed by atoms with Crippen LogP contribution in [0.15, 0.2) is 24.3 Å². The van der Waals surface area contributed by atoms with Crippen LogP contribution in [0.5, 0.6) is 0 Å². The van der Waals surface area contributed by atoms with Gasteiger partial charge in [-0.05, 0) is 24.8 Å². The van der Waals surface area contributed by atoms with Crippen LogP contribution in [0.1, 0.15) is 35.7 Å². The summed E-state index contributed by atoms with van der Waals surface area (Å²) in [6, 6.07) is 7.90. The number of carbonyl (C=O) groups is 2. The van der Waals surface area contributed by atoms with Gasteiger partial charge in [0.2, 0.25) is 5.91 Å². The van der Waals surface area contributed by atoms with Crippen LogP contribution in [0.25, 0.3) is 0 Å². The summed E-state index contributed by atoms with van der Waals surface area (Å²) in [7, 11) is 0. The van der Waals surface area contributed by atoms with E-state index < -0.39 is 0 Å². The van der Waals surface area contributed by atoms with E-state index in [1.807, 2.05) is 29.2 Å². The summed E-state index contributed by atoms with van der Waals surface area (Å²) in [5.41, 5.74) is 2.04. The molecule has 0 radical (unpaired) electrons. The number of hydrogen-bond acceptors (Lipinski definition) is 3. The normalized spacial score (nSPS) is 19.2. The lowest BCUT2D eigenvalue weighted by atomic mass is 10.1. The number of amides is 1. The summed E-state index contributed by atoms with van der Waals surface area (Å²) in [6.07, 6.45) is 3.11. The molecule has 0 atom stereocenters. The Morgan fingerprint density at radius 3 is 2.23 bits per heavy atom. The number of Topliss-reactive ketones (excluding diaryl/α,β-unsaturated/α-hetero) is 1. The van der Waals surface area contributed by atoms with Crippen molar-refractivity contribution in [3.8, 4) is 0 Å². The third kappa shape index (κ3) is 3.55. The summed E-state index contributed by atoms with van der Waals surface area (Å²) in [6.45, 7) is 5.69. The molecule has 1 amide bonds. The lowest BCUT2D eigenvalue weighted by molar-refractivity contribution is -0.134. The van der Waals surface area contributed by atoms with Crippen LogP contribution < -0.4 is 0 Å². The molecule has 3 rings (SSSR count). The molecule has 4 heteroatoms. The second kappa shape index (κ2) is 6.61. The van der Waals surface area contributed by atoms with Gasteiger partial charge >= 0.3 is 0 Å². The van der Waals surface area contributed by atoms with Crippen LogP contribution in [-0.4, -0.2) is 54.2 Å².